The number of nitrogens with zero attached hydrogens (tertiary/aromatic N) is 1. The van der Waals surface area contributed by atoms with Crippen LogP contribution in [0.1, 0.15) is 15.4 Å². The van der Waals surface area contributed by atoms with Crippen LogP contribution in [0.5, 0.6) is 0 Å². The number of hydrogen-bond donors (Lipinski definition) is 2. The van der Waals surface area contributed by atoms with Crippen LogP contribution in [-0.2, 0) is 16.6 Å². The van der Waals surface area contributed by atoms with Crippen molar-refractivity contribution in [2.24, 2.45) is 0 Å². The fraction of sp³-hybridized carbons (Fsp3) is 0.250. The number of aryl methyl sites for hydroxylation is 2. The molecule has 2 heterocycles. The number of hydrogen-bond acceptors (Lipinski definition) is 5. The molecular formula is C12H14N2O3S2. The van der Waals surface area contributed by atoms with Crippen LogP contribution in [-0.4, -0.2) is 18.5 Å². The van der Waals surface area contributed by atoms with Crippen molar-refractivity contribution in [3.63, 3.8) is 0 Å². The van der Waals surface area contributed by atoms with Gasteiger partial charge in [0.25, 0.3) is 10.0 Å². The Labute approximate surface area is 116 Å². The van der Waals surface area contributed by atoms with Gasteiger partial charge >= 0.3 is 0 Å². The van der Waals surface area contributed by atoms with E-state index in [1.165, 1.54) is 17.4 Å². The maximum Gasteiger partial charge on any atom is 0.263 e. The van der Waals surface area contributed by atoms with Gasteiger partial charge in [0.1, 0.15) is 4.90 Å². The van der Waals surface area contributed by atoms with Gasteiger partial charge in [-0.25, -0.2) is 8.42 Å². The molecule has 5 nitrogen and oxygen atoms in total. The smallest absolute Gasteiger partial charge is 0.263 e. The molecule has 0 aliphatic rings. The van der Waals surface area contributed by atoms with E-state index in [4.69, 9.17) is 5.11 Å². The third-order valence-electron chi connectivity index (χ3n) is 2.62. The first-order valence-corrected chi connectivity index (χ1v) is 7.88. The Morgan fingerprint density at radius 2 is 2.16 bits per heavy atom. The molecule has 0 unspecified atom stereocenters. The first-order chi connectivity index (χ1) is 8.94. The zero-order chi connectivity index (χ0) is 14.0. The van der Waals surface area contributed by atoms with E-state index in [2.05, 4.69) is 9.71 Å². The van der Waals surface area contributed by atoms with Crippen LogP contribution in [0.3, 0.4) is 0 Å². The quantitative estimate of drug-likeness (QED) is 0.905. The SMILES string of the molecule is Cc1ncccc1NS(=O)(=O)c1cc(CO)sc1C. The van der Waals surface area contributed by atoms with Crippen LogP contribution >= 0.6 is 11.3 Å². The van der Waals surface area contributed by atoms with Crippen molar-refractivity contribution in [3.05, 3.63) is 39.8 Å². The summed E-state index contributed by atoms with van der Waals surface area (Å²) in [6.45, 7) is 3.29. The minimum absolute atomic E-state index is 0.160. The standard InChI is InChI=1S/C12H14N2O3S2/c1-8-11(4-3-5-13-8)14-19(16,17)12-6-10(7-15)18-9(12)2/h3-6,14-15H,7H2,1-2H3. The molecule has 2 N–H and O–H groups in total. The molecule has 0 spiro atoms. The Kier molecular flexibility index (Phi) is 3.88. The van der Waals surface area contributed by atoms with Crippen LogP contribution in [0.2, 0.25) is 0 Å². The third kappa shape index (κ3) is 2.94. The van der Waals surface area contributed by atoms with E-state index in [1.54, 1.807) is 32.2 Å². The molecule has 2 aromatic heterocycles. The van der Waals surface area contributed by atoms with Gasteiger partial charge in [-0.05, 0) is 32.0 Å². The van der Waals surface area contributed by atoms with Gasteiger partial charge in [0.2, 0.25) is 0 Å². The van der Waals surface area contributed by atoms with E-state index in [-0.39, 0.29) is 11.5 Å². The monoisotopic (exact) mass is 298 g/mol. The number of aromatic nitrogens is 1. The summed E-state index contributed by atoms with van der Waals surface area (Å²) in [5.74, 6) is 0. The lowest BCUT2D eigenvalue weighted by Crippen LogP contribution is -2.14. The number of rotatable bonds is 4. The highest BCUT2D eigenvalue weighted by Crippen LogP contribution is 2.27. The molecule has 19 heavy (non-hydrogen) atoms. The molecule has 0 amide bonds. The molecule has 0 aliphatic heterocycles. The summed E-state index contributed by atoms with van der Waals surface area (Å²) in [6.07, 6.45) is 1.60. The fourth-order valence-corrected chi connectivity index (χ4v) is 4.27. The Morgan fingerprint density at radius 1 is 1.42 bits per heavy atom. The van der Waals surface area contributed by atoms with Crippen molar-refractivity contribution in [1.29, 1.82) is 0 Å². The highest BCUT2D eigenvalue weighted by atomic mass is 32.2. The van der Waals surface area contributed by atoms with Gasteiger partial charge in [-0.1, -0.05) is 0 Å². The minimum atomic E-state index is -3.65. The van der Waals surface area contributed by atoms with Crippen LogP contribution in [0.25, 0.3) is 0 Å². The molecule has 0 bridgehead atoms. The van der Waals surface area contributed by atoms with Crippen molar-refractivity contribution >= 4 is 27.0 Å². The Hall–Kier alpha value is -1.44. The highest BCUT2D eigenvalue weighted by Gasteiger charge is 2.20. The number of thiophene rings is 1. The number of anilines is 1. The number of aliphatic hydroxyl groups is 1. The van der Waals surface area contributed by atoms with E-state index in [0.29, 0.717) is 21.1 Å². The molecule has 0 radical (unpaired) electrons. The van der Waals surface area contributed by atoms with Gasteiger partial charge in [-0.15, -0.1) is 11.3 Å². The summed E-state index contributed by atoms with van der Waals surface area (Å²) < 4.78 is 27.1. The Balaban J connectivity index is 2.38. The Morgan fingerprint density at radius 3 is 2.74 bits per heavy atom. The van der Waals surface area contributed by atoms with Crippen molar-refractivity contribution in [3.8, 4) is 0 Å². The normalized spacial score (nSPS) is 11.5. The lowest BCUT2D eigenvalue weighted by Gasteiger charge is -2.09. The summed E-state index contributed by atoms with van der Waals surface area (Å²) in [6, 6.07) is 4.83. The first-order valence-electron chi connectivity index (χ1n) is 5.58. The molecule has 0 fully saturated rings. The summed E-state index contributed by atoms with van der Waals surface area (Å²) in [7, 11) is -3.65. The zero-order valence-electron chi connectivity index (χ0n) is 10.5. The second-order valence-corrected chi connectivity index (χ2v) is 7.02. The summed E-state index contributed by atoms with van der Waals surface area (Å²) >= 11 is 1.27. The summed E-state index contributed by atoms with van der Waals surface area (Å²) in [5.41, 5.74) is 1.07. The van der Waals surface area contributed by atoms with Crippen molar-refractivity contribution < 1.29 is 13.5 Å². The number of nitrogens with one attached hydrogen (secondary N) is 1. The van der Waals surface area contributed by atoms with Crippen LogP contribution in [0.4, 0.5) is 5.69 Å². The maximum atomic E-state index is 12.3. The van der Waals surface area contributed by atoms with Gasteiger partial charge in [-0.3, -0.25) is 9.71 Å². The summed E-state index contributed by atoms with van der Waals surface area (Å²) in [5, 5.41) is 9.06. The average molecular weight is 298 g/mol. The largest absolute Gasteiger partial charge is 0.391 e. The molecule has 2 rings (SSSR count). The van der Waals surface area contributed by atoms with E-state index in [9.17, 15) is 8.42 Å². The molecule has 102 valence electrons. The Bertz CT molecular complexity index is 693. The molecule has 2 aromatic rings. The zero-order valence-corrected chi connectivity index (χ0v) is 12.2. The van der Waals surface area contributed by atoms with E-state index in [1.807, 2.05) is 0 Å². The van der Waals surface area contributed by atoms with Gasteiger partial charge in [-0.2, -0.15) is 0 Å². The summed E-state index contributed by atoms with van der Waals surface area (Å²) in [4.78, 5) is 5.51. The predicted octanol–water partition coefficient (Wildman–Crippen LogP) is 2.05. The second kappa shape index (κ2) is 5.28. The van der Waals surface area contributed by atoms with Gasteiger partial charge in [0.15, 0.2) is 0 Å². The van der Waals surface area contributed by atoms with Crippen molar-refractivity contribution in [2.75, 3.05) is 4.72 Å². The van der Waals surface area contributed by atoms with E-state index < -0.39 is 10.0 Å². The van der Waals surface area contributed by atoms with Crippen LogP contribution < -0.4 is 4.72 Å². The molecule has 0 aromatic carbocycles. The number of sulfonamides is 1. The van der Waals surface area contributed by atoms with Gasteiger partial charge in [0, 0.05) is 16.0 Å². The molecule has 0 atom stereocenters. The molecule has 0 aliphatic carbocycles. The van der Waals surface area contributed by atoms with Crippen LogP contribution in [0, 0.1) is 13.8 Å². The van der Waals surface area contributed by atoms with Crippen molar-refractivity contribution in [2.45, 2.75) is 25.3 Å². The van der Waals surface area contributed by atoms with Crippen LogP contribution in [0.15, 0.2) is 29.3 Å². The average Bonchev–Trinajstić information content (AvgIpc) is 2.74. The highest BCUT2D eigenvalue weighted by molar-refractivity contribution is 7.93. The topological polar surface area (TPSA) is 79.3 Å². The third-order valence-corrected chi connectivity index (χ3v) is 5.28. The predicted molar refractivity (Wildman–Crippen MR) is 74.8 cm³/mol. The number of aliphatic hydroxyl groups excluding tert-OH is 1. The van der Waals surface area contributed by atoms with Crippen molar-refractivity contribution in [1.82, 2.24) is 4.98 Å². The molecule has 7 heteroatoms. The molecule has 0 saturated heterocycles. The molecule has 0 saturated carbocycles. The number of pyridine rings is 1. The second-order valence-electron chi connectivity index (χ2n) is 4.03. The van der Waals surface area contributed by atoms with E-state index in [0.717, 1.165) is 0 Å². The first kappa shape index (κ1) is 14.0. The molecular weight excluding hydrogens is 284 g/mol. The fourth-order valence-electron chi connectivity index (χ4n) is 1.66. The van der Waals surface area contributed by atoms with E-state index >= 15 is 0 Å². The van der Waals surface area contributed by atoms with Gasteiger partial charge < -0.3 is 5.11 Å². The lowest BCUT2D eigenvalue weighted by molar-refractivity contribution is 0.285. The minimum Gasteiger partial charge on any atom is -0.391 e. The maximum absolute atomic E-state index is 12.3. The lowest BCUT2D eigenvalue weighted by atomic mass is 10.3. The van der Waals surface area contributed by atoms with Gasteiger partial charge in [0.05, 0.1) is 18.0 Å².